The largest absolute Gasteiger partial charge is 0.465 e. The number of esters is 1. The summed E-state index contributed by atoms with van der Waals surface area (Å²) in [7, 11) is 1.24. The zero-order valence-electron chi connectivity index (χ0n) is 17.5. The molecule has 0 radical (unpaired) electrons. The van der Waals surface area contributed by atoms with Crippen molar-refractivity contribution in [2.24, 2.45) is 0 Å². The predicted octanol–water partition coefficient (Wildman–Crippen LogP) is 6.28. The number of ketones is 1. The maximum atomic E-state index is 13.7. The summed E-state index contributed by atoms with van der Waals surface area (Å²) in [5.41, 5.74) is 1.04. The van der Waals surface area contributed by atoms with Gasteiger partial charge in [-0.15, -0.1) is 0 Å². The van der Waals surface area contributed by atoms with Crippen molar-refractivity contribution in [1.82, 2.24) is 4.57 Å². The van der Waals surface area contributed by atoms with E-state index in [-0.39, 0.29) is 37.4 Å². The van der Waals surface area contributed by atoms with Crippen LogP contribution in [0.2, 0.25) is 15.1 Å². The standard InChI is InChI=1S/C25H16Cl3NO4/c1-13-12-19-15(10-11-20(30)29(19)23-17(27)8-5-9-18(23)28)22(21(13)25(32)33-2)24(31)14-6-3-4-7-16(14)26/h3-12H,1-2H3. The molecule has 0 unspecified atom stereocenters. The van der Waals surface area contributed by atoms with Crippen molar-refractivity contribution in [3.05, 3.63) is 108 Å². The van der Waals surface area contributed by atoms with Crippen LogP contribution in [0.4, 0.5) is 0 Å². The molecule has 8 heteroatoms. The lowest BCUT2D eigenvalue weighted by Crippen LogP contribution is -2.21. The lowest BCUT2D eigenvalue weighted by molar-refractivity contribution is 0.0597. The molecule has 5 nitrogen and oxygen atoms in total. The third-order valence-corrected chi connectivity index (χ3v) is 6.23. The summed E-state index contributed by atoms with van der Waals surface area (Å²) in [6.45, 7) is 1.66. The van der Waals surface area contributed by atoms with E-state index in [1.54, 1.807) is 55.5 Å². The first-order chi connectivity index (χ1) is 15.8. The Kier molecular flexibility index (Phi) is 6.30. The second-order valence-corrected chi connectivity index (χ2v) is 8.48. The van der Waals surface area contributed by atoms with E-state index < -0.39 is 17.3 Å². The Morgan fingerprint density at radius 2 is 1.48 bits per heavy atom. The average Bonchev–Trinajstić information content (AvgIpc) is 2.79. The van der Waals surface area contributed by atoms with Gasteiger partial charge in [0.15, 0.2) is 5.78 Å². The number of halogens is 3. The number of aryl methyl sites for hydroxylation is 1. The van der Waals surface area contributed by atoms with Crippen molar-refractivity contribution in [2.45, 2.75) is 6.92 Å². The summed E-state index contributed by atoms with van der Waals surface area (Å²) in [4.78, 5) is 39.4. The fourth-order valence-corrected chi connectivity index (χ4v) is 4.62. The van der Waals surface area contributed by atoms with E-state index in [1.165, 1.54) is 23.8 Å². The Bertz CT molecular complexity index is 1490. The number of ether oxygens (including phenoxy) is 1. The molecule has 0 aliphatic carbocycles. The predicted molar refractivity (Wildman–Crippen MR) is 131 cm³/mol. The summed E-state index contributed by atoms with van der Waals surface area (Å²) in [6.07, 6.45) is 0. The van der Waals surface area contributed by atoms with Crippen molar-refractivity contribution in [3.8, 4) is 5.69 Å². The summed E-state index contributed by atoms with van der Waals surface area (Å²) < 4.78 is 6.30. The van der Waals surface area contributed by atoms with Crippen molar-refractivity contribution in [3.63, 3.8) is 0 Å². The third-order valence-electron chi connectivity index (χ3n) is 5.29. The van der Waals surface area contributed by atoms with Gasteiger partial charge in [0.05, 0.1) is 38.9 Å². The van der Waals surface area contributed by atoms with Crippen LogP contribution in [-0.2, 0) is 4.74 Å². The molecule has 0 N–H and O–H groups in total. The number of fused-ring (bicyclic) bond motifs is 1. The molecule has 1 heterocycles. The molecule has 0 saturated carbocycles. The average molecular weight is 501 g/mol. The van der Waals surface area contributed by atoms with Gasteiger partial charge in [-0.05, 0) is 48.9 Å². The molecular formula is C25H16Cl3NO4. The number of hydrogen-bond acceptors (Lipinski definition) is 4. The molecule has 0 aliphatic rings. The van der Waals surface area contributed by atoms with Crippen LogP contribution in [0.1, 0.15) is 31.8 Å². The third kappa shape index (κ3) is 3.93. The molecule has 0 bridgehead atoms. The van der Waals surface area contributed by atoms with E-state index in [2.05, 4.69) is 0 Å². The van der Waals surface area contributed by atoms with E-state index in [0.29, 0.717) is 16.5 Å². The van der Waals surface area contributed by atoms with Gasteiger partial charge in [0, 0.05) is 22.6 Å². The number of aromatic nitrogens is 1. The Morgan fingerprint density at radius 1 is 0.848 bits per heavy atom. The molecule has 0 amide bonds. The lowest BCUT2D eigenvalue weighted by atomic mass is 9.91. The van der Waals surface area contributed by atoms with Gasteiger partial charge in [-0.3, -0.25) is 14.2 Å². The highest BCUT2D eigenvalue weighted by Crippen LogP contribution is 2.34. The molecule has 0 fully saturated rings. The van der Waals surface area contributed by atoms with Gasteiger partial charge in [-0.2, -0.15) is 0 Å². The SMILES string of the molecule is COC(=O)c1c(C)cc2c(ccc(=O)n2-c2c(Cl)cccc2Cl)c1C(=O)c1ccccc1Cl. The van der Waals surface area contributed by atoms with Gasteiger partial charge in [0.25, 0.3) is 5.56 Å². The van der Waals surface area contributed by atoms with E-state index in [0.717, 1.165) is 0 Å². The quantitative estimate of drug-likeness (QED) is 0.244. The van der Waals surface area contributed by atoms with Crippen molar-refractivity contribution in [2.75, 3.05) is 7.11 Å². The minimum atomic E-state index is -0.682. The topological polar surface area (TPSA) is 65.4 Å². The Morgan fingerprint density at radius 3 is 2.12 bits per heavy atom. The van der Waals surface area contributed by atoms with Crippen LogP contribution in [0.15, 0.2) is 65.5 Å². The summed E-state index contributed by atoms with van der Waals surface area (Å²) in [6, 6.07) is 15.8. The lowest BCUT2D eigenvalue weighted by Gasteiger charge is -2.18. The second-order valence-electron chi connectivity index (χ2n) is 7.25. The molecule has 0 atom stereocenters. The van der Waals surface area contributed by atoms with Crippen LogP contribution in [0, 0.1) is 6.92 Å². The number of rotatable bonds is 4. The zero-order valence-corrected chi connectivity index (χ0v) is 19.8. The second kappa shape index (κ2) is 9.02. The maximum absolute atomic E-state index is 13.7. The molecule has 4 aromatic rings. The van der Waals surface area contributed by atoms with E-state index in [4.69, 9.17) is 39.5 Å². The fraction of sp³-hybridized carbons (Fsp3) is 0.0800. The van der Waals surface area contributed by atoms with Gasteiger partial charge in [0.2, 0.25) is 0 Å². The normalized spacial score (nSPS) is 10.9. The Labute approximate surface area is 204 Å². The molecule has 166 valence electrons. The number of pyridine rings is 1. The highest BCUT2D eigenvalue weighted by molar-refractivity contribution is 6.38. The first-order valence-corrected chi connectivity index (χ1v) is 10.9. The van der Waals surface area contributed by atoms with Crippen molar-refractivity contribution >= 4 is 57.5 Å². The van der Waals surface area contributed by atoms with Crippen LogP contribution < -0.4 is 5.56 Å². The highest BCUT2D eigenvalue weighted by atomic mass is 35.5. The van der Waals surface area contributed by atoms with Crippen LogP contribution in [0.5, 0.6) is 0 Å². The van der Waals surface area contributed by atoms with Crippen LogP contribution in [0.3, 0.4) is 0 Å². The number of carbonyl (C=O) groups excluding carboxylic acids is 2. The number of hydrogen-bond donors (Lipinski definition) is 0. The molecule has 33 heavy (non-hydrogen) atoms. The smallest absolute Gasteiger partial charge is 0.338 e. The van der Waals surface area contributed by atoms with Gasteiger partial charge >= 0.3 is 5.97 Å². The van der Waals surface area contributed by atoms with E-state index in [9.17, 15) is 14.4 Å². The molecule has 0 spiro atoms. The fourth-order valence-electron chi connectivity index (χ4n) is 3.83. The molecule has 4 rings (SSSR count). The Balaban J connectivity index is 2.19. The highest BCUT2D eigenvalue weighted by Gasteiger charge is 2.27. The minimum absolute atomic E-state index is 0.0712. The number of nitrogens with zero attached hydrogens (tertiary/aromatic N) is 1. The van der Waals surface area contributed by atoms with E-state index >= 15 is 0 Å². The number of para-hydroxylation sites is 1. The number of benzene rings is 3. The number of methoxy groups -OCH3 is 1. The minimum Gasteiger partial charge on any atom is -0.465 e. The first-order valence-electron chi connectivity index (χ1n) is 9.77. The number of carbonyl (C=O) groups is 2. The molecule has 0 saturated heterocycles. The monoisotopic (exact) mass is 499 g/mol. The van der Waals surface area contributed by atoms with Crippen molar-refractivity contribution < 1.29 is 14.3 Å². The molecular weight excluding hydrogens is 485 g/mol. The van der Waals surface area contributed by atoms with Crippen LogP contribution in [-0.4, -0.2) is 23.4 Å². The van der Waals surface area contributed by atoms with Crippen LogP contribution in [0.25, 0.3) is 16.6 Å². The van der Waals surface area contributed by atoms with Crippen LogP contribution >= 0.6 is 34.8 Å². The zero-order chi connectivity index (χ0) is 23.9. The summed E-state index contributed by atoms with van der Waals surface area (Å²) in [5, 5.41) is 1.09. The summed E-state index contributed by atoms with van der Waals surface area (Å²) >= 11 is 19.1. The van der Waals surface area contributed by atoms with Gasteiger partial charge < -0.3 is 4.74 Å². The molecule has 1 aromatic heterocycles. The van der Waals surface area contributed by atoms with Gasteiger partial charge in [-0.1, -0.05) is 53.0 Å². The first kappa shape index (κ1) is 23.1. The molecule has 3 aromatic carbocycles. The van der Waals surface area contributed by atoms with Gasteiger partial charge in [-0.25, -0.2) is 4.79 Å². The Hall–Kier alpha value is -3.12. The van der Waals surface area contributed by atoms with Crippen molar-refractivity contribution in [1.29, 1.82) is 0 Å². The molecule has 0 aliphatic heterocycles. The van der Waals surface area contributed by atoms with Gasteiger partial charge in [0.1, 0.15) is 0 Å². The van der Waals surface area contributed by atoms with E-state index in [1.807, 2.05) is 0 Å². The summed E-state index contributed by atoms with van der Waals surface area (Å²) in [5.74, 6) is -1.16. The maximum Gasteiger partial charge on any atom is 0.338 e.